The van der Waals surface area contributed by atoms with E-state index < -0.39 is 0 Å². The zero-order chi connectivity index (χ0) is 12.3. The maximum Gasteiger partial charge on any atom is 0.160 e. The first-order valence-electron chi connectivity index (χ1n) is 6.09. The third-order valence-corrected chi connectivity index (χ3v) is 3.46. The molecule has 0 saturated carbocycles. The highest BCUT2D eigenvalue weighted by molar-refractivity contribution is 5.44. The van der Waals surface area contributed by atoms with Crippen LogP contribution in [-0.2, 0) is 4.74 Å². The van der Waals surface area contributed by atoms with Gasteiger partial charge in [0.15, 0.2) is 11.5 Å². The van der Waals surface area contributed by atoms with Crippen LogP contribution in [0, 0.1) is 0 Å². The van der Waals surface area contributed by atoms with E-state index in [-0.39, 0.29) is 0 Å². The SMILES string of the molecule is COc1ccc([C@H](C)[C@H]2CCCO2)cc1OC. The Bertz CT molecular complexity index is 370. The van der Waals surface area contributed by atoms with Gasteiger partial charge in [0.25, 0.3) is 0 Å². The van der Waals surface area contributed by atoms with Gasteiger partial charge in [-0.3, -0.25) is 0 Å². The molecule has 0 N–H and O–H groups in total. The molecule has 1 aliphatic rings. The average Bonchev–Trinajstić information content (AvgIpc) is 2.90. The molecule has 2 rings (SSSR count). The Morgan fingerprint density at radius 2 is 2.00 bits per heavy atom. The molecule has 1 aliphatic heterocycles. The largest absolute Gasteiger partial charge is 0.493 e. The lowest BCUT2D eigenvalue weighted by Crippen LogP contribution is -2.14. The van der Waals surface area contributed by atoms with Crippen LogP contribution in [0.1, 0.15) is 31.2 Å². The fourth-order valence-electron chi connectivity index (χ4n) is 2.35. The molecule has 17 heavy (non-hydrogen) atoms. The van der Waals surface area contributed by atoms with Gasteiger partial charge in [-0.05, 0) is 30.5 Å². The molecule has 0 amide bonds. The minimum atomic E-state index is 0.341. The molecular weight excluding hydrogens is 216 g/mol. The van der Waals surface area contributed by atoms with Crippen LogP contribution in [0.25, 0.3) is 0 Å². The topological polar surface area (TPSA) is 27.7 Å². The summed E-state index contributed by atoms with van der Waals surface area (Å²) in [5.74, 6) is 1.96. The third kappa shape index (κ3) is 2.55. The normalized spacial score (nSPS) is 21.2. The van der Waals surface area contributed by atoms with Crippen molar-refractivity contribution in [3.8, 4) is 11.5 Å². The van der Waals surface area contributed by atoms with Gasteiger partial charge in [-0.1, -0.05) is 13.0 Å². The summed E-state index contributed by atoms with van der Waals surface area (Å²) in [7, 11) is 3.32. The van der Waals surface area contributed by atoms with E-state index in [2.05, 4.69) is 13.0 Å². The van der Waals surface area contributed by atoms with E-state index in [0.29, 0.717) is 12.0 Å². The van der Waals surface area contributed by atoms with Crippen LogP contribution in [0.5, 0.6) is 11.5 Å². The van der Waals surface area contributed by atoms with E-state index in [9.17, 15) is 0 Å². The Kier molecular flexibility index (Phi) is 3.89. The molecule has 0 aromatic heterocycles. The van der Waals surface area contributed by atoms with Crippen LogP contribution in [0.15, 0.2) is 18.2 Å². The van der Waals surface area contributed by atoms with Crippen molar-refractivity contribution in [1.29, 1.82) is 0 Å². The van der Waals surface area contributed by atoms with E-state index >= 15 is 0 Å². The highest BCUT2D eigenvalue weighted by atomic mass is 16.5. The lowest BCUT2D eigenvalue weighted by molar-refractivity contribution is 0.0931. The zero-order valence-corrected chi connectivity index (χ0v) is 10.7. The molecule has 94 valence electrons. The summed E-state index contributed by atoms with van der Waals surface area (Å²) in [6.45, 7) is 3.10. The minimum Gasteiger partial charge on any atom is -0.493 e. The van der Waals surface area contributed by atoms with Crippen molar-refractivity contribution in [1.82, 2.24) is 0 Å². The summed E-state index contributed by atoms with van der Waals surface area (Å²) in [4.78, 5) is 0. The summed E-state index contributed by atoms with van der Waals surface area (Å²) >= 11 is 0. The molecule has 0 unspecified atom stereocenters. The molecule has 1 aromatic rings. The van der Waals surface area contributed by atoms with Gasteiger partial charge in [0.1, 0.15) is 0 Å². The van der Waals surface area contributed by atoms with Gasteiger partial charge in [0.05, 0.1) is 20.3 Å². The molecule has 0 spiro atoms. The highest BCUT2D eigenvalue weighted by Gasteiger charge is 2.24. The van der Waals surface area contributed by atoms with Crippen molar-refractivity contribution in [3.05, 3.63) is 23.8 Å². The van der Waals surface area contributed by atoms with Crippen molar-refractivity contribution in [2.45, 2.75) is 31.8 Å². The number of benzene rings is 1. The first kappa shape index (κ1) is 12.2. The molecule has 0 bridgehead atoms. The highest BCUT2D eigenvalue weighted by Crippen LogP contribution is 2.34. The van der Waals surface area contributed by atoms with E-state index in [4.69, 9.17) is 14.2 Å². The van der Waals surface area contributed by atoms with E-state index in [1.807, 2.05) is 12.1 Å². The molecule has 3 nitrogen and oxygen atoms in total. The molecule has 1 aromatic carbocycles. The van der Waals surface area contributed by atoms with Crippen molar-refractivity contribution in [2.24, 2.45) is 0 Å². The zero-order valence-electron chi connectivity index (χ0n) is 10.7. The Hall–Kier alpha value is -1.22. The van der Waals surface area contributed by atoms with E-state index in [0.717, 1.165) is 24.5 Å². The van der Waals surface area contributed by atoms with Gasteiger partial charge in [-0.15, -0.1) is 0 Å². The Balaban J connectivity index is 2.20. The van der Waals surface area contributed by atoms with Gasteiger partial charge in [0.2, 0.25) is 0 Å². The first-order valence-corrected chi connectivity index (χ1v) is 6.09. The van der Waals surface area contributed by atoms with Gasteiger partial charge < -0.3 is 14.2 Å². The van der Waals surface area contributed by atoms with Gasteiger partial charge in [0, 0.05) is 12.5 Å². The smallest absolute Gasteiger partial charge is 0.160 e. The molecule has 0 radical (unpaired) electrons. The Morgan fingerprint density at radius 3 is 2.59 bits per heavy atom. The molecule has 3 heteroatoms. The second kappa shape index (κ2) is 5.41. The molecular formula is C14H20O3. The molecule has 0 aliphatic carbocycles. The summed E-state index contributed by atoms with van der Waals surface area (Å²) < 4.78 is 16.3. The van der Waals surface area contributed by atoms with Crippen molar-refractivity contribution in [2.75, 3.05) is 20.8 Å². The molecule has 2 atom stereocenters. The Labute approximate surface area is 103 Å². The average molecular weight is 236 g/mol. The number of hydrogen-bond acceptors (Lipinski definition) is 3. The van der Waals surface area contributed by atoms with E-state index in [1.54, 1.807) is 14.2 Å². The van der Waals surface area contributed by atoms with Crippen LogP contribution in [0.2, 0.25) is 0 Å². The number of ether oxygens (including phenoxy) is 3. The van der Waals surface area contributed by atoms with Crippen LogP contribution >= 0.6 is 0 Å². The molecule has 1 saturated heterocycles. The summed E-state index contributed by atoms with van der Waals surface area (Å²) in [6, 6.07) is 6.10. The van der Waals surface area contributed by atoms with Gasteiger partial charge >= 0.3 is 0 Å². The summed E-state index contributed by atoms with van der Waals surface area (Å²) in [5.41, 5.74) is 1.24. The fraction of sp³-hybridized carbons (Fsp3) is 0.571. The van der Waals surface area contributed by atoms with Crippen LogP contribution < -0.4 is 9.47 Å². The summed E-state index contributed by atoms with van der Waals surface area (Å²) in [5, 5.41) is 0. The molecule has 1 heterocycles. The second-order valence-corrected chi connectivity index (χ2v) is 4.45. The van der Waals surface area contributed by atoms with Crippen LogP contribution in [0.3, 0.4) is 0 Å². The predicted octanol–water partition coefficient (Wildman–Crippen LogP) is 2.99. The van der Waals surface area contributed by atoms with Crippen LogP contribution in [-0.4, -0.2) is 26.9 Å². The van der Waals surface area contributed by atoms with Crippen LogP contribution in [0.4, 0.5) is 0 Å². The maximum atomic E-state index is 5.73. The number of methoxy groups -OCH3 is 2. The standard InChI is InChI=1S/C14H20O3/c1-10(12-5-4-8-17-12)11-6-7-13(15-2)14(9-11)16-3/h6-7,9-10,12H,4-5,8H2,1-3H3/t10-,12+/m0/s1. The van der Waals surface area contributed by atoms with Crippen molar-refractivity contribution in [3.63, 3.8) is 0 Å². The molecule has 1 fully saturated rings. The Morgan fingerprint density at radius 1 is 1.24 bits per heavy atom. The maximum absolute atomic E-state index is 5.73. The van der Waals surface area contributed by atoms with Gasteiger partial charge in [-0.25, -0.2) is 0 Å². The number of rotatable bonds is 4. The lowest BCUT2D eigenvalue weighted by atomic mass is 9.93. The van der Waals surface area contributed by atoms with Gasteiger partial charge in [-0.2, -0.15) is 0 Å². The van der Waals surface area contributed by atoms with Crippen molar-refractivity contribution >= 4 is 0 Å². The minimum absolute atomic E-state index is 0.341. The quantitative estimate of drug-likeness (QED) is 0.804. The first-order chi connectivity index (χ1) is 8.26. The predicted molar refractivity (Wildman–Crippen MR) is 66.9 cm³/mol. The lowest BCUT2D eigenvalue weighted by Gasteiger charge is -2.20. The monoisotopic (exact) mass is 236 g/mol. The summed E-state index contributed by atoms with van der Waals surface area (Å²) in [6.07, 6.45) is 2.66. The van der Waals surface area contributed by atoms with E-state index in [1.165, 1.54) is 12.0 Å². The number of hydrogen-bond donors (Lipinski definition) is 0. The van der Waals surface area contributed by atoms with Crippen molar-refractivity contribution < 1.29 is 14.2 Å². The second-order valence-electron chi connectivity index (χ2n) is 4.45. The third-order valence-electron chi connectivity index (χ3n) is 3.46. The fourth-order valence-corrected chi connectivity index (χ4v) is 2.35.